The molecule has 2 rings (SSSR count). The van der Waals surface area contributed by atoms with E-state index < -0.39 is 15.8 Å². The lowest BCUT2D eigenvalue weighted by atomic mass is 9.96. The van der Waals surface area contributed by atoms with Crippen molar-refractivity contribution >= 4 is 10.2 Å². The van der Waals surface area contributed by atoms with Crippen LogP contribution in [0.2, 0.25) is 0 Å². The van der Waals surface area contributed by atoms with Crippen LogP contribution in [-0.4, -0.2) is 40.8 Å². The summed E-state index contributed by atoms with van der Waals surface area (Å²) in [5.74, 6) is 1.11. The van der Waals surface area contributed by atoms with Gasteiger partial charge in [-0.2, -0.15) is 13.1 Å². The molecule has 1 aliphatic rings. The minimum Gasteiger partial charge on any atom is -0.493 e. The Morgan fingerprint density at radius 3 is 2.48 bits per heavy atom. The first-order valence-corrected chi connectivity index (χ1v) is 9.05. The van der Waals surface area contributed by atoms with Crippen LogP contribution < -0.4 is 18.9 Å². The van der Waals surface area contributed by atoms with Crippen LogP contribution in [0.5, 0.6) is 11.5 Å². The lowest BCUT2D eigenvalue weighted by Gasteiger charge is -2.25. The van der Waals surface area contributed by atoms with Crippen molar-refractivity contribution in [3.05, 3.63) is 23.3 Å². The summed E-state index contributed by atoms with van der Waals surface area (Å²) in [4.78, 5) is 0. The molecule has 7 nitrogen and oxygen atoms in total. The standard InChI is InChI=1S/C15H24N2O5S/c1-4-7-16-23(19,20)17-10-15(18)6-5-11-8-13(21-2)14(22-3)9-12(11)15/h8-9,16-18H,4-7,10H2,1-3H3. The third kappa shape index (κ3) is 3.95. The van der Waals surface area contributed by atoms with E-state index in [-0.39, 0.29) is 6.54 Å². The van der Waals surface area contributed by atoms with E-state index in [1.807, 2.05) is 13.0 Å². The number of fused-ring (bicyclic) bond motifs is 1. The normalized spacial score (nSPS) is 20.3. The molecule has 130 valence electrons. The highest BCUT2D eigenvalue weighted by Crippen LogP contribution is 2.42. The summed E-state index contributed by atoms with van der Waals surface area (Å²) in [6.45, 7) is 2.15. The van der Waals surface area contributed by atoms with Crippen LogP contribution in [0.25, 0.3) is 0 Å². The largest absolute Gasteiger partial charge is 0.493 e. The number of hydrogen-bond acceptors (Lipinski definition) is 5. The molecule has 23 heavy (non-hydrogen) atoms. The van der Waals surface area contributed by atoms with Gasteiger partial charge in [0.15, 0.2) is 11.5 Å². The van der Waals surface area contributed by atoms with Crippen LogP contribution in [0.1, 0.15) is 30.9 Å². The summed E-state index contributed by atoms with van der Waals surface area (Å²) in [6, 6.07) is 3.55. The molecule has 0 fully saturated rings. The molecule has 0 aromatic heterocycles. The maximum atomic E-state index is 11.8. The van der Waals surface area contributed by atoms with Gasteiger partial charge in [0.25, 0.3) is 10.2 Å². The lowest BCUT2D eigenvalue weighted by molar-refractivity contribution is 0.0439. The third-order valence-corrected chi connectivity index (χ3v) is 5.12. The van der Waals surface area contributed by atoms with Crippen molar-refractivity contribution in [1.82, 2.24) is 9.44 Å². The number of aliphatic hydroxyl groups is 1. The van der Waals surface area contributed by atoms with Crippen LogP contribution in [0.3, 0.4) is 0 Å². The van der Waals surface area contributed by atoms with Gasteiger partial charge in [0.05, 0.1) is 14.2 Å². The third-order valence-electron chi connectivity index (χ3n) is 4.02. The summed E-state index contributed by atoms with van der Waals surface area (Å²) >= 11 is 0. The summed E-state index contributed by atoms with van der Waals surface area (Å²) in [7, 11) is -0.538. The first-order valence-electron chi connectivity index (χ1n) is 7.57. The van der Waals surface area contributed by atoms with Gasteiger partial charge in [0, 0.05) is 13.1 Å². The predicted octanol–water partition coefficient (Wildman–Crippen LogP) is 0.672. The van der Waals surface area contributed by atoms with E-state index >= 15 is 0 Å². The summed E-state index contributed by atoms with van der Waals surface area (Å²) in [5.41, 5.74) is 0.356. The molecule has 0 saturated heterocycles. The summed E-state index contributed by atoms with van der Waals surface area (Å²) in [5, 5.41) is 10.9. The monoisotopic (exact) mass is 344 g/mol. The van der Waals surface area contributed by atoms with Crippen LogP contribution in [0, 0.1) is 0 Å². The fourth-order valence-electron chi connectivity index (χ4n) is 2.72. The zero-order valence-electron chi connectivity index (χ0n) is 13.7. The number of rotatable bonds is 8. The zero-order chi connectivity index (χ0) is 17.1. The Morgan fingerprint density at radius 1 is 1.22 bits per heavy atom. The molecular weight excluding hydrogens is 320 g/mol. The second kappa shape index (κ2) is 7.04. The van der Waals surface area contributed by atoms with Crippen LogP contribution in [-0.2, 0) is 22.2 Å². The first kappa shape index (κ1) is 18.0. The van der Waals surface area contributed by atoms with Crippen molar-refractivity contribution in [2.75, 3.05) is 27.3 Å². The molecule has 0 bridgehead atoms. The Balaban J connectivity index is 2.20. The Bertz CT molecular complexity index is 662. The second-order valence-corrected chi connectivity index (χ2v) is 7.20. The topological polar surface area (TPSA) is 96.9 Å². The molecule has 0 radical (unpaired) electrons. The van der Waals surface area contributed by atoms with Crippen molar-refractivity contribution in [2.24, 2.45) is 0 Å². The van der Waals surface area contributed by atoms with Gasteiger partial charge in [-0.1, -0.05) is 6.92 Å². The number of ether oxygens (including phenoxy) is 2. The molecule has 0 aliphatic heterocycles. The number of aryl methyl sites for hydroxylation is 1. The van der Waals surface area contributed by atoms with E-state index in [1.54, 1.807) is 13.2 Å². The molecule has 8 heteroatoms. The molecular formula is C15H24N2O5S. The SMILES string of the molecule is CCCNS(=O)(=O)NCC1(O)CCc2cc(OC)c(OC)cc21. The zero-order valence-corrected chi connectivity index (χ0v) is 14.5. The minimum absolute atomic E-state index is 0.0888. The van der Waals surface area contributed by atoms with Crippen molar-refractivity contribution in [2.45, 2.75) is 31.8 Å². The number of benzene rings is 1. The first-order chi connectivity index (χ1) is 10.8. The molecule has 0 heterocycles. The molecule has 1 aromatic rings. The van der Waals surface area contributed by atoms with Crippen molar-refractivity contribution in [1.29, 1.82) is 0 Å². The maximum Gasteiger partial charge on any atom is 0.277 e. The molecule has 1 atom stereocenters. The van der Waals surface area contributed by atoms with Gasteiger partial charge < -0.3 is 14.6 Å². The summed E-state index contributed by atoms with van der Waals surface area (Å²) < 4.78 is 39.1. The average Bonchev–Trinajstić information content (AvgIpc) is 2.87. The Hall–Kier alpha value is -1.35. The summed E-state index contributed by atoms with van der Waals surface area (Å²) in [6.07, 6.45) is 1.79. The highest BCUT2D eigenvalue weighted by molar-refractivity contribution is 7.87. The van der Waals surface area contributed by atoms with Gasteiger partial charge in [-0.3, -0.25) is 0 Å². The number of methoxy groups -OCH3 is 2. The molecule has 1 aromatic carbocycles. The number of hydrogen-bond donors (Lipinski definition) is 3. The smallest absolute Gasteiger partial charge is 0.277 e. The molecule has 1 unspecified atom stereocenters. The van der Waals surface area contributed by atoms with E-state index in [1.165, 1.54) is 7.11 Å². The van der Waals surface area contributed by atoms with Crippen molar-refractivity contribution < 1.29 is 23.0 Å². The predicted molar refractivity (Wildman–Crippen MR) is 87.0 cm³/mol. The van der Waals surface area contributed by atoms with Gasteiger partial charge in [-0.05, 0) is 42.5 Å². The van der Waals surface area contributed by atoms with Crippen LogP contribution in [0.15, 0.2) is 12.1 Å². The molecule has 0 saturated carbocycles. The van der Waals surface area contributed by atoms with E-state index in [2.05, 4.69) is 9.44 Å². The minimum atomic E-state index is -3.62. The Kier molecular flexibility index (Phi) is 5.51. The molecule has 0 spiro atoms. The Labute approximate surface area is 137 Å². The van der Waals surface area contributed by atoms with Gasteiger partial charge >= 0.3 is 0 Å². The van der Waals surface area contributed by atoms with Crippen molar-refractivity contribution in [3.63, 3.8) is 0 Å². The number of nitrogens with one attached hydrogen (secondary N) is 2. The van der Waals surface area contributed by atoms with E-state index in [9.17, 15) is 13.5 Å². The quantitative estimate of drug-likeness (QED) is 0.644. The second-order valence-electron chi connectivity index (χ2n) is 5.61. The molecule has 0 amide bonds. The van der Waals surface area contributed by atoms with E-state index in [0.29, 0.717) is 42.9 Å². The van der Waals surface area contributed by atoms with Gasteiger partial charge in [-0.15, -0.1) is 0 Å². The molecule has 1 aliphatic carbocycles. The van der Waals surface area contributed by atoms with Crippen molar-refractivity contribution in [3.8, 4) is 11.5 Å². The van der Waals surface area contributed by atoms with E-state index in [4.69, 9.17) is 9.47 Å². The highest BCUT2D eigenvalue weighted by atomic mass is 32.2. The highest BCUT2D eigenvalue weighted by Gasteiger charge is 2.38. The van der Waals surface area contributed by atoms with Crippen LogP contribution in [0.4, 0.5) is 0 Å². The van der Waals surface area contributed by atoms with Crippen LogP contribution >= 0.6 is 0 Å². The Morgan fingerprint density at radius 2 is 1.87 bits per heavy atom. The van der Waals surface area contributed by atoms with Gasteiger partial charge in [0.2, 0.25) is 0 Å². The van der Waals surface area contributed by atoms with Gasteiger partial charge in [0.1, 0.15) is 5.60 Å². The van der Waals surface area contributed by atoms with E-state index in [0.717, 1.165) is 5.56 Å². The molecule has 3 N–H and O–H groups in total. The fraction of sp³-hybridized carbons (Fsp3) is 0.600. The lowest BCUT2D eigenvalue weighted by Crippen LogP contribution is -2.44. The van der Waals surface area contributed by atoms with Gasteiger partial charge in [-0.25, -0.2) is 4.72 Å². The fourth-order valence-corrected chi connectivity index (χ4v) is 3.73. The average molecular weight is 344 g/mol. The maximum absolute atomic E-state index is 11.8.